The van der Waals surface area contributed by atoms with Crippen molar-refractivity contribution in [2.24, 2.45) is 4.99 Å². The Morgan fingerprint density at radius 1 is 1.15 bits per heavy atom. The van der Waals surface area contributed by atoms with Crippen molar-refractivity contribution in [3.63, 3.8) is 0 Å². The average Bonchev–Trinajstić information content (AvgIpc) is 3.31. The number of nitrogens with zero attached hydrogens (tertiary/aromatic N) is 2. The van der Waals surface area contributed by atoms with E-state index in [1.807, 2.05) is 0 Å². The zero-order valence-corrected chi connectivity index (χ0v) is 20.1. The van der Waals surface area contributed by atoms with Gasteiger partial charge in [-0.3, -0.25) is 14.6 Å². The van der Waals surface area contributed by atoms with Crippen LogP contribution in [0.5, 0.6) is 0 Å². The van der Waals surface area contributed by atoms with Crippen molar-refractivity contribution in [1.82, 2.24) is 10.2 Å². The number of amides is 2. The fraction of sp³-hybridized carbons (Fsp3) is 0.250. The first kappa shape index (κ1) is 24.3. The average molecular weight is 521 g/mol. The highest BCUT2D eigenvalue weighted by Gasteiger charge is 2.30. The minimum absolute atomic E-state index is 0.0229. The maximum Gasteiger partial charge on any atom is 0.326 e. The summed E-state index contributed by atoms with van der Waals surface area (Å²) in [6.45, 7) is 0.683. The van der Waals surface area contributed by atoms with Gasteiger partial charge in [0.1, 0.15) is 6.04 Å². The van der Waals surface area contributed by atoms with Crippen LogP contribution in [0, 0.1) is 0 Å². The van der Waals surface area contributed by atoms with Crippen molar-refractivity contribution < 1.29 is 19.5 Å². The Labute approximate surface area is 211 Å². The molecule has 0 saturated heterocycles. The van der Waals surface area contributed by atoms with Crippen LogP contribution in [0.4, 0.5) is 0 Å². The van der Waals surface area contributed by atoms with Crippen LogP contribution in [0.1, 0.15) is 44.7 Å². The van der Waals surface area contributed by atoms with Gasteiger partial charge in [-0.05, 0) is 47.9 Å². The normalized spacial score (nSPS) is 15.5. The number of aliphatic imine (C=N–C) groups is 1. The van der Waals surface area contributed by atoms with Crippen LogP contribution in [-0.4, -0.2) is 46.6 Å². The molecule has 34 heavy (non-hydrogen) atoms. The van der Waals surface area contributed by atoms with Gasteiger partial charge >= 0.3 is 5.97 Å². The molecule has 0 bridgehead atoms. The Kier molecular flexibility index (Phi) is 7.26. The van der Waals surface area contributed by atoms with E-state index in [1.54, 1.807) is 47.5 Å². The fourth-order valence-electron chi connectivity index (χ4n) is 4.00. The van der Waals surface area contributed by atoms with E-state index >= 15 is 0 Å². The van der Waals surface area contributed by atoms with Gasteiger partial charge in [0.25, 0.3) is 11.8 Å². The Morgan fingerprint density at radius 2 is 1.88 bits per heavy atom. The van der Waals surface area contributed by atoms with Gasteiger partial charge in [-0.1, -0.05) is 40.9 Å². The first-order valence-corrected chi connectivity index (χ1v) is 11.7. The lowest BCUT2D eigenvalue weighted by atomic mass is 9.95. The van der Waals surface area contributed by atoms with E-state index < -0.39 is 17.9 Å². The molecule has 0 unspecified atom stereocenters. The quantitative estimate of drug-likeness (QED) is 0.573. The smallest absolute Gasteiger partial charge is 0.326 e. The summed E-state index contributed by atoms with van der Waals surface area (Å²) in [6, 6.07) is 7.08. The molecule has 7 nitrogen and oxygen atoms in total. The lowest BCUT2D eigenvalue weighted by Crippen LogP contribution is -2.41. The lowest BCUT2D eigenvalue weighted by Gasteiger charge is -2.30. The van der Waals surface area contributed by atoms with Crippen molar-refractivity contribution >= 4 is 58.8 Å². The Morgan fingerprint density at radius 3 is 2.53 bits per heavy atom. The number of hydrogen-bond donors (Lipinski definition) is 2. The standard InChI is InChI=1S/C24H20Cl3N3O4/c25-15-5-3-13(4-6-15)23(32)30-9-7-17-14(12-30)10-18(26)20(21(17)27)22(31)29-19(24(33)34)11-16-2-1-8-28-16/h2-6,8,10,19H,1,7,9,11-12H2,(H,29,31)(H,33,34)/t19-/m0/s1. The Balaban J connectivity index is 1.53. The highest BCUT2D eigenvalue weighted by molar-refractivity contribution is 6.40. The number of aliphatic carboxylic acids is 1. The van der Waals surface area contributed by atoms with E-state index in [0.717, 1.165) is 5.56 Å². The van der Waals surface area contributed by atoms with Gasteiger partial charge in [-0.2, -0.15) is 0 Å². The van der Waals surface area contributed by atoms with Crippen LogP contribution in [0.15, 0.2) is 47.1 Å². The van der Waals surface area contributed by atoms with Gasteiger partial charge in [0.05, 0.1) is 15.6 Å². The predicted octanol–water partition coefficient (Wildman–Crippen LogP) is 4.78. The van der Waals surface area contributed by atoms with Gasteiger partial charge in [-0.25, -0.2) is 4.79 Å². The van der Waals surface area contributed by atoms with Crippen LogP contribution in [0.25, 0.3) is 0 Å². The van der Waals surface area contributed by atoms with Gasteiger partial charge in [0.15, 0.2) is 0 Å². The number of carboxylic acids is 1. The summed E-state index contributed by atoms with van der Waals surface area (Å²) in [7, 11) is 0. The third-order valence-electron chi connectivity index (χ3n) is 5.74. The van der Waals surface area contributed by atoms with Crippen LogP contribution in [0.3, 0.4) is 0 Å². The molecule has 2 N–H and O–H groups in total. The highest BCUT2D eigenvalue weighted by atomic mass is 35.5. The van der Waals surface area contributed by atoms with Crippen LogP contribution < -0.4 is 5.32 Å². The van der Waals surface area contributed by atoms with E-state index in [1.165, 1.54) is 0 Å². The third kappa shape index (κ3) is 5.12. The fourth-order valence-corrected chi connectivity index (χ4v) is 4.89. The molecule has 0 aromatic heterocycles. The topological polar surface area (TPSA) is 99.1 Å². The van der Waals surface area contributed by atoms with E-state index in [-0.39, 0.29) is 34.5 Å². The minimum atomic E-state index is -1.18. The first-order valence-electron chi connectivity index (χ1n) is 10.5. The molecule has 2 aromatic carbocycles. The molecule has 0 radical (unpaired) electrons. The van der Waals surface area contributed by atoms with Gasteiger partial charge < -0.3 is 15.3 Å². The molecule has 4 rings (SSSR count). The lowest BCUT2D eigenvalue weighted by molar-refractivity contribution is -0.139. The Hall–Kier alpha value is -2.87. The number of allylic oxidation sites excluding steroid dienone is 1. The second-order valence-corrected chi connectivity index (χ2v) is 9.20. The monoisotopic (exact) mass is 519 g/mol. The van der Waals surface area contributed by atoms with E-state index in [4.69, 9.17) is 34.8 Å². The van der Waals surface area contributed by atoms with E-state index in [0.29, 0.717) is 41.2 Å². The number of carboxylic acid groups (broad SMARTS) is 1. The van der Waals surface area contributed by atoms with Crippen molar-refractivity contribution in [2.45, 2.75) is 31.8 Å². The van der Waals surface area contributed by atoms with Crippen LogP contribution in [-0.2, 0) is 17.8 Å². The maximum absolute atomic E-state index is 13.0. The molecule has 1 atom stereocenters. The number of hydrogen-bond acceptors (Lipinski definition) is 4. The summed E-state index contributed by atoms with van der Waals surface area (Å²) in [4.78, 5) is 43.3. The van der Waals surface area contributed by atoms with Crippen molar-refractivity contribution in [3.8, 4) is 0 Å². The molecule has 176 valence electrons. The molecule has 2 aromatic rings. The molecule has 0 spiro atoms. The molecule has 2 aliphatic heterocycles. The second-order valence-electron chi connectivity index (χ2n) is 7.98. The second kappa shape index (κ2) is 10.2. The maximum atomic E-state index is 13.0. The molecule has 0 aliphatic carbocycles. The first-order chi connectivity index (χ1) is 16.2. The number of rotatable bonds is 6. The molecular weight excluding hydrogens is 501 g/mol. The molecule has 2 aliphatic rings. The number of halogens is 3. The Bertz CT molecular complexity index is 1220. The van der Waals surface area contributed by atoms with Gasteiger partial charge in [0.2, 0.25) is 0 Å². The zero-order chi connectivity index (χ0) is 24.4. The highest BCUT2D eigenvalue weighted by Crippen LogP contribution is 2.35. The van der Waals surface area contributed by atoms with Gasteiger partial charge in [-0.15, -0.1) is 0 Å². The summed E-state index contributed by atoms with van der Waals surface area (Å²) >= 11 is 18.9. The molecular formula is C24H20Cl3N3O4. The van der Waals surface area contributed by atoms with E-state index in [2.05, 4.69) is 10.3 Å². The predicted molar refractivity (Wildman–Crippen MR) is 131 cm³/mol. The number of benzene rings is 2. The van der Waals surface area contributed by atoms with Crippen LogP contribution >= 0.6 is 34.8 Å². The van der Waals surface area contributed by atoms with Gasteiger partial charge in [0, 0.05) is 48.4 Å². The summed E-state index contributed by atoms with van der Waals surface area (Å²) in [5.74, 6) is -2.00. The molecule has 0 fully saturated rings. The molecule has 0 saturated carbocycles. The number of carbonyl (C=O) groups is 3. The van der Waals surface area contributed by atoms with E-state index in [9.17, 15) is 19.5 Å². The molecule has 2 amide bonds. The minimum Gasteiger partial charge on any atom is -0.480 e. The van der Waals surface area contributed by atoms with Crippen LogP contribution in [0.2, 0.25) is 15.1 Å². The SMILES string of the molecule is O=C(N[C@@H](CC1=CCC=N1)C(=O)O)c1c(Cl)cc2c(c1Cl)CCN(C(=O)c1ccc(Cl)cc1)C2. The number of fused-ring (bicyclic) bond motifs is 1. The number of nitrogens with one attached hydrogen (secondary N) is 1. The van der Waals surface area contributed by atoms with Crippen molar-refractivity contribution in [3.05, 3.63) is 79.4 Å². The largest absolute Gasteiger partial charge is 0.480 e. The molecule has 10 heteroatoms. The van der Waals surface area contributed by atoms with Crippen molar-refractivity contribution in [2.75, 3.05) is 6.54 Å². The zero-order valence-electron chi connectivity index (χ0n) is 17.9. The summed E-state index contributed by atoms with van der Waals surface area (Å²) in [5.41, 5.74) is 2.59. The third-order valence-corrected chi connectivity index (χ3v) is 6.71. The summed E-state index contributed by atoms with van der Waals surface area (Å²) in [5, 5.41) is 12.8. The number of carbonyl (C=O) groups excluding carboxylic acids is 2. The van der Waals surface area contributed by atoms with Crippen molar-refractivity contribution in [1.29, 1.82) is 0 Å². The summed E-state index contributed by atoms with van der Waals surface area (Å²) < 4.78 is 0. The molecule has 2 heterocycles. The summed E-state index contributed by atoms with van der Waals surface area (Å²) in [6.07, 6.45) is 4.59.